The van der Waals surface area contributed by atoms with Crippen molar-refractivity contribution in [3.8, 4) is 0 Å². The highest BCUT2D eigenvalue weighted by Gasteiger charge is 1.79. The van der Waals surface area contributed by atoms with Gasteiger partial charge in [0.1, 0.15) is 4.60 Å². The molecule has 7 heavy (non-hydrogen) atoms. The van der Waals surface area contributed by atoms with Gasteiger partial charge in [0.25, 0.3) is 0 Å². The van der Waals surface area contributed by atoms with E-state index in [9.17, 15) is 0 Å². The average molecular weight is 159 g/mol. The van der Waals surface area contributed by atoms with E-state index in [0.29, 0.717) is 4.60 Å². The van der Waals surface area contributed by atoms with Crippen molar-refractivity contribution in [2.75, 3.05) is 0 Å². The van der Waals surface area contributed by atoms with Crippen molar-refractivity contribution in [2.45, 2.75) is 0 Å². The molecule has 0 aliphatic rings. The van der Waals surface area contributed by atoms with E-state index < -0.39 is 0 Å². The third-order valence-corrected chi connectivity index (χ3v) is 0.813. The largest absolute Gasteiger partial charge is 0.140 e. The zero-order valence-electron chi connectivity index (χ0n) is 3.30. The molecule has 0 N–H and O–H groups in total. The molecule has 0 aliphatic heterocycles. The van der Waals surface area contributed by atoms with E-state index in [1.54, 1.807) is 0 Å². The van der Waals surface area contributed by atoms with Gasteiger partial charge in [-0.05, 0) is 21.1 Å². The van der Waals surface area contributed by atoms with Crippen LogP contribution in [0.25, 0.3) is 0 Å². The van der Waals surface area contributed by atoms with Crippen LogP contribution in [-0.4, -0.2) is 15.4 Å². The van der Waals surface area contributed by atoms with Gasteiger partial charge < -0.3 is 0 Å². The van der Waals surface area contributed by atoms with E-state index in [1.165, 1.54) is 6.20 Å². The van der Waals surface area contributed by atoms with E-state index in [-0.39, 0.29) is 0 Å². The molecule has 0 atom stereocenters. The number of halogens is 1. The molecule has 0 unspecified atom stereocenters. The first-order valence-electron chi connectivity index (χ1n) is 1.61. The van der Waals surface area contributed by atoms with Crippen LogP contribution >= 0.6 is 15.9 Å². The van der Waals surface area contributed by atoms with Crippen LogP contribution in [0, 0.1) is 6.07 Å². The third kappa shape index (κ3) is 1.19. The minimum absolute atomic E-state index is 0.586. The van der Waals surface area contributed by atoms with E-state index in [2.05, 4.69) is 37.4 Å². The Morgan fingerprint density at radius 3 is 2.86 bits per heavy atom. The summed E-state index contributed by atoms with van der Waals surface area (Å²) in [6, 6.07) is 2.66. The Balaban J connectivity index is 3.02. The molecule has 0 spiro atoms. The first kappa shape index (κ1) is 4.64. The Morgan fingerprint density at radius 1 is 1.71 bits per heavy atom. The molecule has 1 radical (unpaired) electrons. The Hall–Kier alpha value is -0.510. The molecule has 1 aromatic heterocycles. The maximum absolute atomic E-state index is 3.48. The van der Waals surface area contributed by atoms with E-state index in [1.807, 2.05) is 0 Å². The zero-order valence-corrected chi connectivity index (χ0v) is 4.88. The summed E-state index contributed by atoms with van der Waals surface area (Å²) < 4.78 is 0.586. The van der Waals surface area contributed by atoms with E-state index >= 15 is 0 Å². The second-order valence-corrected chi connectivity index (χ2v) is 1.62. The number of aromatic nitrogens is 3. The first-order chi connectivity index (χ1) is 3.39. The Kier molecular flexibility index (Phi) is 1.31. The Labute approximate surface area is 48.9 Å². The fourth-order valence-corrected chi connectivity index (χ4v) is 0.375. The minimum Gasteiger partial charge on any atom is -0.138 e. The summed E-state index contributed by atoms with van der Waals surface area (Å²) in [4.78, 5) is 0. The first-order valence-corrected chi connectivity index (χ1v) is 2.40. The smallest absolute Gasteiger partial charge is 0.138 e. The maximum atomic E-state index is 3.48. The predicted molar refractivity (Wildman–Crippen MR) is 26.4 cm³/mol. The number of rotatable bonds is 0. The quantitative estimate of drug-likeness (QED) is 0.551. The fraction of sp³-hybridized carbons (Fsp3) is 0. The van der Waals surface area contributed by atoms with Crippen LogP contribution < -0.4 is 0 Å². The molecule has 4 heteroatoms. The van der Waals surface area contributed by atoms with Crippen molar-refractivity contribution in [3.05, 3.63) is 16.9 Å². The average Bonchev–Trinajstić information content (AvgIpc) is 1.69. The molecule has 0 saturated heterocycles. The van der Waals surface area contributed by atoms with Crippen LogP contribution in [0.15, 0.2) is 10.8 Å². The zero-order chi connectivity index (χ0) is 5.11. The second-order valence-electron chi connectivity index (χ2n) is 0.869. The predicted octanol–water partition coefficient (Wildman–Crippen LogP) is 0.434. The molecule has 1 aromatic rings. The SMILES string of the molecule is Brc1[c]cnnn1. The van der Waals surface area contributed by atoms with Crippen molar-refractivity contribution < 1.29 is 0 Å². The lowest BCUT2D eigenvalue weighted by molar-refractivity contribution is 0.847. The molecule has 1 heterocycles. The van der Waals surface area contributed by atoms with E-state index in [0.717, 1.165) is 0 Å². The summed E-state index contributed by atoms with van der Waals surface area (Å²) in [6.45, 7) is 0. The third-order valence-electron chi connectivity index (χ3n) is 0.426. The fourth-order valence-electron chi connectivity index (χ4n) is 0.202. The molecule has 0 saturated carbocycles. The van der Waals surface area contributed by atoms with Gasteiger partial charge in [-0.25, -0.2) is 0 Å². The maximum Gasteiger partial charge on any atom is 0.140 e. The molecule has 0 fully saturated rings. The molecular weight excluding hydrogens is 158 g/mol. The summed E-state index contributed by atoms with van der Waals surface area (Å²) in [5.74, 6) is 0. The standard InChI is InChI=1S/C3HBrN3/c4-3-1-2-5-7-6-3/h2H. The monoisotopic (exact) mass is 158 g/mol. The minimum atomic E-state index is 0.586. The topological polar surface area (TPSA) is 38.7 Å². The molecule has 0 bridgehead atoms. The van der Waals surface area contributed by atoms with Crippen LogP contribution in [0.2, 0.25) is 0 Å². The normalized spacial score (nSPS) is 8.71. The summed E-state index contributed by atoms with van der Waals surface area (Å²) in [5.41, 5.74) is 0. The lowest BCUT2D eigenvalue weighted by Gasteiger charge is -1.76. The van der Waals surface area contributed by atoms with Crippen LogP contribution in [0.4, 0.5) is 0 Å². The summed E-state index contributed by atoms with van der Waals surface area (Å²) in [5, 5.41) is 10.2. The summed E-state index contributed by atoms with van der Waals surface area (Å²) >= 11 is 3.04. The van der Waals surface area contributed by atoms with Gasteiger partial charge >= 0.3 is 0 Å². The van der Waals surface area contributed by atoms with Crippen molar-refractivity contribution in [1.82, 2.24) is 15.4 Å². The number of hydrogen-bond donors (Lipinski definition) is 0. The van der Waals surface area contributed by atoms with Crippen LogP contribution in [0.1, 0.15) is 0 Å². The summed E-state index contributed by atoms with van der Waals surface area (Å²) in [6.07, 6.45) is 1.44. The van der Waals surface area contributed by atoms with Gasteiger partial charge in [0.2, 0.25) is 0 Å². The van der Waals surface area contributed by atoms with Gasteiger partial charge in [-0.2, -0.15) is 0 Å². The lowest BCUT2D eigenvalue weighted by atomic mass is 10.7. The highest BCUT2D eigenvalue weighted by molar-refractivity contribution is 9.10. The van der Waals surface area contributed by atoms with E-state index in [4.69, 9.17) is 0 Å². The second kappa shape index (κ2) is 1.97. The molecule has 0 aliphatic carbocycles. The van der Waals surface area contributed by atoms with Crippen molar-refractivity contribution >= 4 is 15.9 Å². The van der Waals surface area contributed by atoms with Crippen molar-refractivity contribution in [3.63, 3.8) is 0 Å². The van der Waals surface area contributed by atoms with Gasteiger partial charge in [-0.1, -0.05) is 0 Å². The Morgan fingerprint density at radius 2 is 2.57 bits per heavy atom. The molecule has 0 aromatic carbocycles. The summed E-state index contributed by atoms with van der Waals surface area (Å²) in [7, 11) is 0. The van der Waals surface area contributed by atoms with Gasteiger partial charge in [-0.15, -0.1) is 10.2 Å². The molecule has 1 rings (SSSR count). The molecule has 3 nitrogen and oxygen atoms in total. The van der Waals surface area contributed by atoms with Gasteiger partial charge in [0, 0.05) is 6.07 Å². The Bertz CT molecular complexity index is 140. The number of hydrogen-bond acceptors (Lipinski definition) is 3. The molecular formula is C3HBrN3. The highest BCUT2D eigenvalue weighted by Crippen LogP contribution is 1.96. The van der Waals surface area contributed by atoms with Crippen molar-refractivity contribution in [1.29, 1.82) is 0 Å². The van der Waals surface area contributed by atoms with Crippen LogP contribution in [-0.2, 0) is 0 Å². The van der Waals surface area contributed by atoms with Crippen LogP contribution in [0.3, 0.4) is 0 Å². The van der Waals surface area contributed by atoms with Gasteiger partial charge in [0.15, 0.2) is 0 Å². The highest BCUT2D eigenvalue weighted by atomic mass is 79.9. The van der Waals surface area contributed by atoms with Crippen molar-refractivity contribution in [2.24, 2.45) is 0 Å². The van der Waals surface area contributed by atoms with Crippen LogP contribution in [0.5, 0.6) is 0 Å². The molecule has 35 valence electrons. The van der Waals surface area contributed by atoms with Gasteiger partial charge in [-0.3, -0.25) is 0 Å². The number of nitrogens with zero attached hydrogens (tertiary/aromatic N) is 3. The molecule has 0 amide bonds. The lowest BCUT2D eigenvalue weighted by Crippen LogP contribution is -1.82. The van der Waals surface area contributed by atoms with Gasteiger partial charge in [0.05, 0.1) is 6.20 Å².